The van der Waals surface area contributed by atoms with Gasteiger partial charge in [0.1, 0.15) is 12.7 Å². The number of hydrogen-bond donors (Lipinski definition) is 1. The molecule has 0 unspecified atom stereocenters. The van der Waals surface area contributed by atoms with Gasteiger partial charge in [-0.15, -0.1) is 0 Å². The Labute approximate surface area is 208 Å². The normalized spacial score (nSPS) is 20.0. The lowest BCUT2D eigenvalue weighted by molar-refractivity contribution is -0.152. The van der Waals surface area contributed by atoms with Crippen molar-refractivity contribution in [2.45, 2.75) is 32.4 Å². The van der Waals surface area contributed by atoms with Crippen LogP contribution in [0.1, 0.15) is 29.9 Å². The van der Waals surface area contributed by atoms with Gasteiger partial charge in [-0.2, -0.15) is 0 Å². The average Bonchev–Trinajstić information content (AvgIpc) is 2.89. The van der Waals surface area contributed by atoms with Gasteiger partial charge in [-0.25, -0.2) is 9.78 Å². The second-order valence-corrected chi connectivity index (χ2v) is 7.88. The fraction of sp³-hybridized carbons (Fsp3) is 0.360. The molecule has 11 heteroatoms. The number of cyclic esters (lactones) is 2. The quantitative estimate of drug-likeness (QED) is 0.324. The molecule has 1 aromatic heterocycles. The van der Waals surface area contributed by atoms with Gasteiger partial charge in [0, 0.05) is 25.6 Å². The minimum absolute atomic E-state index is 0.100. The van der Waals surface area contributed by atoms with Crippen LogP contribution in [-0.4, -0.2) is 61.5 Å². The van der Waals surface area contributed by atoms with Gasteiger partial charge in [-0.1, -0.05) is 30.3 Å². The van der Waals surface area contributed by atoms with E-state index in [1.807, 2.05) is 30.3 Å². The highest BCUT2D eigenvalue weighted by atomic mass is 16.7. The van der Waals surface area contributed by atoms with E-state index in [1.165, 1.54) is 26.3 Å². The first-order chi connectivity index (χ1) is 17.3. The first-order valence-corrected chi connectivity index (χ1v) is 11.1. The molecule has 1 fully saturated rings. The third-order valence-corrected chi connectivity index (χ3v) is 5.16. The number of benzene rings is 1. The summed E-state index contributed by atoms with van der Waals surface area (Å²) in [6.45, 7) is 1.89. The van der Waals surface area contributed by atoms with Gasteiger partial charge in [0.15, 0.2) is 23.2 Å². The van der Waals surface area contributed by atoms with Crippen LogP contribution in [-0.2, 0) is 35.0 Å². The largest absolute Gasteiger partial charge is 0.493 e. The first-order valence-electron chi connectivity index (χ1n) is 11.1. The average molecular weight is 499 g/mol. The lowest BCUT2D eigenvalue weighted by atomic mass is 9.94. The number of pyridine rings is 1. The highest BCUT2D eigenvalue weighted by Gasteiger charge is 2.33. The van der Waals surface area contributed by atoms with Crippen molar-refractivity contribution >= 4 is 23.8 Å². The summed E-state index contributed by atoms with van der Waals surface area (Å²) in [4.78, 5) is 53.6. The summed E-state index contributed by atoms with van der Waals surface area (Å²) >= 11 is 0. The molecule has 1 amide bonds. The number of nitrogens with zero attached hydrogens (tertiary/aromatic N) is 1. The van der Waals surface area contributed by atoms with Crippen LogP contribution in [0.4, 0.5) is 0 Å². The number of rotatable bonds is 8. The molecule has 191 valence electrons. The molecule has 1 aliphatic rings. The Balaban J connectivity index is 1.74. The van der Waals surface area contributed by atoms with E-state index in [4.69, 9.17) is 23.7 Å². The van der Waals surface area contributed by atoms with Gasteiger partial charge in [0.2, 0.25) is 6.79 Å². The smallest absolute Gasteiger partial charge is 0.332 e. The van der Waals surface area contributed by atoms with Crippen LogP contribution < -0.4 is 14.8 Å². The van der Waals surface area contributed by atoms with E-state index < -0.39 is 55.3 Å². The summed E-state index contributed by atoms with van der Waals surface area (Å²) in [5, 5.41) is 2.47. The molecule has 2 heterocycles. The maximum Gasteiger partial charge on any atom is 0.332 e. The number of carbonyl (C=O) groups excluding carboxylic acids is 4. The highest BCUT2D eigenvalue weighted by Crippen LogP contribution is 2.29. The van der Waals surface area contributed by atoms with E-state index in [2.05, 4.69) is 10.3 Å². The number of esters is 3. The molecule has 1 aromatic carbocycles. The summed E-state index contributed by atoms with van der Waals surface area (Å²) in [6, 6.07) is 9.51. The fourth-order valence-corrected chi connectivity index (χ4v) is 3.46. The fourth-order valence-electron chi connectivity index (χ4n) is 3.46. The van der Waals surface area contributed by atoms with Gasteiger partial charge in [0.25, 0.3) is 5.91 Å². The van der Waals surface area contributed by atoms with Crippen molar-refractivity contribution in [1.82, 2.24) is 10.3 Å². The third kappa shape index (κ3) is 7.17. The van der Waals surface area contributed by atoms with Gasteiger partial charge < -0.3 is 29.0 Å². The Bertz CT molecular complexity index is 1090. The van der Waals surface area contributed by atoms with E-state index >= 15 is 0 Å². The molecule has 0 bridgehead atoms. The lowest BCUT2D eigenvalue weighted by Gasteiger charge is -2.19. The Morgan fingerprint density at radius 2 is 1.89 bits per heavy atom. The number of amides is 1. The lowest BCUT2D eigenvalue weighted by Crippen LogP contribution is -2.46. The summed E-state index contributed by atoms with van der Waals surface area (Å²) in [7, 11) is 1.36. The van der Waals surface area contributed by atoms with Crippen molar-refractivity contribution in [3.8, 4) is 11.5 Å². The molecule has 1 radical (unpaired) electrons. The molecular weight excluding hydrogens is 472 g/mol. The van der Waals surface area contributed by atoms with Crippen molar-refractivity contribution < 1.29 is 42.9 Å². The van der Waals surface area contributed by atoms with E-state index in [9.17, 15) is 19.2 Å². The van der Waals surface area contributed by atoms with Crippen LogP contribution in [0, 0.1) is 12.3 Å². The minimum Gasteiger partial charge on any atom is -0.493 e. The SMILES string of the molecule is COc1ccnc(C(=O)N[C@H]2COC(=O)[C@H](Cc3ccccc3)[CH][C@H](C)OC2=O)c1OCOC(C)=O. The molecule has 0 spiro atoms. The van der Waals surface area contributed by atoms with E-state index in [-0.39, 0.29) is 17.2 Å². The highest BCUT2D eigenvalue weighted by molar-refractivity contribution is 5.98. The Kier molecular flexibility index (Phi) is 9.20. The first kappa shape index (κ1) is 26.5. The van der Waals surface area contributed by atoms with E-state index in [1.54, 1.807) is 13.3 Å². The molecular formula is C25H27N2O9. The number of ether oxygens (including phenoxy) is 5. The topological polar surface area (TPSA) is 139 Å². The molecule has 36 heavy (non-hydrogen) atoms. The van der Waals surface area contributed by atoms with Crippen LogP contribution in [0.15, 0.2) is 42.6 Å². The van der Waals surface area contributed by atoms with Crippen molar-refractivity contribution in [1.29, 1.82) is 0 Å². The zero-order valence-electron chi connectivity index (χ0n) is 20.1. The molecule has 0 aliphatic carbocycles. The van der Waals surface area contributed by atoms with Gasteiger partial charge in [-0.3, -0.25) is 14.4 Å². The molecule has 0 saturated carbocycles. The van der Waals surface area contributed by atoms with Crippen molar-refractivity contribution in [2.75, 3.05) is 20.5 Å². The molecule has 1 N–H and O–H groups in total. The molecule has 11 nitrogen and oxygen atoms in total. The molecule has 3 atom stereocenters. The van der Waals surface area contributed by atoms with Crippen molar-refractivity contribution in [3.63, 3.8) is 0 Å². The number of methoxy groups -OCH3 is 1. The number of hydrogen-bond acceptors (Lipinski definition) is 10. The molecule has 2 aromatic rings. The third-order valence-electron chi connectivity index (χ3n) is 5.16. The van der Waals surface area contributed by atoms with Crippen LogP contribution >= 0.6 is 0 Å². The Morgan fingerprint density at radius 1 is 1.14 bits per heavy atom. The number of aromatic nitrogens is 1. The summed E-state index contributed by atoms with van der Waals surface area (Å²) in [5.74, 6) is -3.34. The number of nitrogens with one attached hydrogen (secondary N) is 1. The van der Waals surface area contributed by atoms with E-state index in [0.29, 0.717) is 6.42 Å². The molecule has 3 rings (SSSR count). The van der Waals surface area contributed by atoms with Crippen LogP contribution in [0.3, 0.4) is 0 Å². The molecule has 1 saturated heterocycles. The van der Waals surface area contributed by atoms with Gasteiger partial charge >= 0.3 is 17.9 Å². The molecule has 1 aliphatic heterocycles. The Hall–Kier alpha value is -4.15. The van der Waals surface area contributed by atoms with Crippen molar-refractivity contribution in [3.05, 3.63) is 60.3 Å². The minimum atomic E-state index is -1.30. The maximum absolute atomic E-state index is 13.0. The van der Waals surface area contributed by atoms with Crippen molar-refractivity contribution in [2.24, 2.45) is 5.92 Å². The standard InChI is InChI=1S/C25H27N2O9/c1-15-11-18(12-17-7-5-4-6-8-17)24(30)33-13-19(25(31)36-15)27-23(29)21-22(35-14-34-16(2)28)20(32-3)9-10-26-21/h4-11,15,18-19H,12-14H2,1-3H3,(H,27,29)/t15-,18-,19-/m0/s1. The van der Waals surface area contributed by atoms with Crippen LogP contribution in [0.2, 0.25) is 0 Å². The predicted molar refractivity (Wildman–Crippen MR) is 124 cm³/mol. The summed E-state index contributed by atoms with van der Waals surface area (Å²) < 4.78 is 26.1. The number of carbonyl (C=O) groups is 4. The second kappa shape index (κ2) is 12.5. The monoisotopic (exact) mass is 499 g/mol. The summed E-state index contributed by atoms with van der Waals surface area (Å²) in [6.07, 6.45) is 2.56. The maximum atomic E-state index is 13.0. The zero-order valence-corrected chi connectivity index (χ0v) is 20.1. The zero-order chi connectivity index (χ0) is 26.1. The van der Waals surface area contributed by atoms with Crippen LogP contribution in [0.25, 0.3) is 0 Å². The Morgan fingerprint density at radius 3 is 2.58 bits per heavy atom. The second-order valence-electron chi connectivity index (χ2n) is 7.88. The van der Waals surface area contributed by atoms with E-state index in [0.717, 1.165) is 5.56 Å². The van der Waals surface area contributed by atoms with Gasteiger partial charge in [0.05, 0.1) is 13.0 Å². The predicted octanol–water partition coefficient (Wildman–Crippen LogP) is 1.64. The summed E-state index contributed by atoms with van der Waals surface area (Å²) in [5.41, 5.74) is 0.686. The van der Waals surface area contributed by atoms with Crippen LogP contribution in [0.5, 0.6) is 11.5 Å². The van der Waals surface area contributed by atoms with Gasteiger partial charge in [-0.05, 0) is 18.9 Å².